The second-order valence-corrected chi connectivity index (χ2v) is 7.12. The van der Waals surface area contributed by atoms with Crippen molar-refractivity contribution in [3.8, 4) is 0 Å². The van der Waals surface area contributed by atoms with Crippen LogP contribution in [0.1, 0.15) is 46.5 Å². The Morgan fingerprint density at radius 2 is 1.95 bits per heavy atom. The van der Waals surface area contributed by atoms with Crippen LogP contribution in [-0.2, 0) is 4.79 Å². The molecule has 0 aromatic carbocycles. The maximum atomic E-state index is 10.9. The minimum atomic E-state index is -0.744. The van der Waals surface area contributed by atoms with Crippen molar-refractivity contribution in [2.75, 3.05) is 19.6 Å². The van der Waals surface area contributed by atoms with Crippen molar-refractivity contribution in [1.29, 1.82) is 0 Å². The van der Waals surface area contributed by atoms with Crippen LogP contribution in [0, 0.1) is 17.8 Å². The Morgan fingerprint density at radius 3 is 2.55 bits per heavy atom. The summed E-state index contributed by atoms with van der Waals surface area (Å²) in [5.74, 6) is 1.57. The molecule has 0 aromatic rings. The van der Waals surface area contributed by atoms with Crippen LogP contribution in [0.2, 0.25) is 0 Å². The van der Waals surface area contributed by atoms with Crippen molar-refractivity contribution in [3.63, 3.8) is 0 Å². The maximum Gasteiger partial charge on any atom is 0.320 e. The molecule has 116 valence electrons. The average molecular weight is 282 g/mol. The molecule has 2 aliphatic rings. The van der Waals surface area contributed by atoms with Gasteiger partial charge in [0.15, 0.2) is 0 Å². The maximum absolute atomic E-state index is 10.9. The summed E-state index contributed by atoms with van der Waals surface area (Å²) in [6.07, 6.45) is 4.91. The molecule has 2 N–H and O–H groups in total. The van der Waals surface area contributed by atoms with E-state index in [-0.39, 0.29) is 0 Å². The number of nitrogens with zero attached hydrogens (tertiary/aromatic N) is 1. The first-order chi connectivity index (χ1) is 9.45. The lowest BCUT2D eigenvalue weighted by molar-refractivity contribution is -0.139. The molecule has 0 unspecified atom stereocenters. The topological polar surface area (TPSA) is 52.6 Å². The zero-order valence-electron chi connectivity index (χ0n) is 13.1. The summed E-state index contributed by atoms with van der Waals surface area (Å²) in [4.78, 5) is 13.5. The minimum Gasteiger partial charge on any atom is -0.480 e. The van der Waals surface area contributed by atoms with Crippen molar-refractivity contribution in [3.05, 3.63) is 0 Å². The van der Waals surface area contributed by atoms with Gasteiger partial charge in [0.05, 0.1) is 0 Å². The molecule has 2 fully saturated rings. The van der Waals surface area contributed by atoms with Crippen molar-refractivity contribution < 1.29 is 9.90 Å². The number of hydrogen-bond donors (Lipinski definition) is 2. The van der Waals surface area contributed by atoms with Gasteiger partial charge in [-0.1, -0.05) is 13.8 Å². The number of carbonyl (C=O) groups is 1. The normalized spacial score (nSPS) is 34.2. The average Bonchev–Trinajstić information content (AvgIpc) is 2.72. The van der Waals surface area contributed by atoms with Crippen LogP contribution in [0.25, 0.3) is 0 Å². The highest BCUT2D eigenvalue weighted by Crippen LogP contribution is 2.33. The predicted octanol–water partition coefficient (Wildman–Crippen LogP) is 2.20. The molecule has 0 amide bonds. The van der Waals surface area contributed by atoms with Gasteiger partial charge in [-0.2, -0.15) is 0 Å². The third-order valence-electron chi connectivity index (χ3n) is 5.27. The number of carboxylic acids is 1. The van der Waals surface area contributed by atoms with Gasteiger partial charge in [0.1, 0.15) is 6.04 Å². The molecular formula is C16H30N2O2. The smallest absolute Gasteiger partial charge is 0.320 e. The highest BCUT2D eigenvalue weighted by atomic mass is 16.4. The van der Waals surface area contributed by atoms with Crippen LogP contribution >= 0.6 is 0 Å². The monoisotopic (exact) mass is 282 g/mol. The first-order valence-corrected chi connectivity index (χ1v) is 8.17. The van der Waals surface area contributed by atoms with Crippen molar-refractivity contribution in [2.24, 2.45) is 17.8 Å². The van der Waals surface area contributed by atoms with Crippen LogP contribution < -0.4 is 5.32 Å². The Labute approximate surface area is 122 Å². The third kappa shape index (κ3) is 4.19. The molecule has 0 spiro atoms. The number of piperidine rings is 1. The lowest BCUT2D eigenvalue weighted by atomic mass is 9.94. The lowest BCUT2D eigenvalue weighted by Crippen LogP contribution is -2.40. The summed E-state index contributed by atoms with van der Waals surface area (Å²) >= 11 is 0. The van der Waals surface area contributed by atoms with E-state index >= 15 is 0 Å². The number of nitrogens with one attached hydrogen (secondary N) is 1. The number of aliphatic carboxylic acids is 1. The Morgan fingerprint density at radius 1 is 1.30 bits per heavy atom. The van der Waals surface area contributed by atoms with Crippen LogP contribution in [0.5, 0.6) is 0 Å². The summed E-state index contributed by atoms with van der Waals surface area (Å²) in [5, 5.41) is 12.3. The van der Waals surface area contributed by atoms with E-state index < -0.39 is 12.0 Å². The summed E-state index contributed by atoms with van der Waals surface area (Å²) in [6, 6.07) is -0.0494. The number of likely N-dealkylation sites (tertiary alicyclic amines) is 1. The van der Waals surface area contributed by atoms with E-state index in [0.29, 0.717) is 12.0 Å². The van der Waals surface area contributed by atoms with Crippen LogP contribution in [-0.4, -0.2) is 47.7 Å². The molecule has 1 aliphatic heterocycles. The fourth-order valence-corrected chi connectivity index (χ4v) is 3.73. The zero-order chi connectivity index (χ0) is 14.7. The summed E-state index contributed by atoms with van der Waals surface area (Å²) in [5.41, 5.74) is 0. The molecular weight excluding hydrogens is 252 g/mol. The molecule has 20 heavy (non-hydrogen) atoms. The van der Waals surface area contributed by atoms with E-state index in [0.717, 1.165) is 24.7 Å². The van der Waals surface area contributed by atoms with Crippen molar-refractivity contribution >= 4 is 5.97 Å². The van der Waals surface area contributed by atoms with E-state index in [4.69, 9.17) is 5.11 Å². The second kappa shape index (κ2) is 6.90. The van der Waals surface area contributed by atoms with Gasteiger partial charge in [-0.15, -0.1) is 0 Å². The van der Waals surface area contributed by atoms with Gasteiger partial charge in [0.2, 0.25) is 0 Å². The molecule has 2 rings (SSSR count). The summed E-state index contributed by atoms with van der Waals surface area (Å²) < 4.78 is 0. The van der Waals surface area contributed by atoms with Crippen molar-refractivity contribution in [2.45, 2.75) is 58.5 Å². The molecule has 4 heteroatoms. The summed E-state index contributed by atoms with van der Waals surface area (Å²) in [6.45, 7) is 10.1. The Hall–Kier alpha value is -0.610. The van der Waals surface area contributed by atoms with Gasteiger partial charge in [0.25, 0.3) is 0 Å². The second-order valence-electron chi connectivity index (χ2n) is 7.12. The number of hydrogen-bond acceptors (Lipinski definition) is 3. The van der Waals surface area contributed by atoms with E-state index in [1.54, 1.807) is 6.92 Å². The van der Waals surface area contributed by atoms with Crippen LogP contribution in [0.4, 0.5) is 0 Å². The van der Waals surface area contributed by atoms with E-state index in [2.05, 4.69) is 24.1 Å². The summed E-state index contributed by atoms with van der Waals surface area (Å²) in [7, 11) is 0. The van der Waals surface area contributed by atoms with Crippen LogP contribution in [0.3, 0.4) is 0 Å². The molecule has 0 bridgehead atoms. The highest BCUT2D eigenvalue weighted by Gasteiger charge is 2.34. The van der Waals surface area contributed by atoms with Gasteiger partial charge in [-0.25, -0.2) is 0 Å². The fraction of sp³-hybridized carbons (Fsp3) is 0.938. The largest absolute Gasteiger partial charge is 0.480 e. The molecule has 0 aromatic heterocycles. The van der Waals surface area contributed by atoms with E-state index in [1.807, 2.05) is 0 Å². The molecule has 4 nitrogen and oxygen atoms in total. The Bertz CT molecular complexity index is 326. The zero-order valence-corrected chi connectivity index (χ0v) is 13.1. The minimum absolute atomic E-state index is 0.379. The fourth-order valence-electron chi connectivity index (χ4n) is 3.73. The first kappa shape index (κ1) is 15.8. The van der Waals surface area contributed by atoms with Gasteiger partial charge in [-0.3, -0.25) is 4.79 Å². The Kier molecular flexibility index (Phi) is 5.44. The molecule has 1 saturated heterocycles. The third-order valence-corrected chi connectivity index (χ3v) is 5.27. The Balaban J connectivity index is 1.77. The first-order valence-electron chi connectivity index (χ1n) is 8.17. The standard InChI is InChI=1S/C16H30N2O2/c1-11-4-6-18(7-5-11)10-14-9-15(8-12(14)2)17-13(3)16(19)20/h11-15,17H,4-10H2,1-3H3,(H,19,20)/t12-,13-,14+,15-/m0/s1. The van der Waals surface area contributed by atoms with Gasteiger partial charge in [-0.05, 0) is 63.5 Å². The van der Waals surface area contributed by atoms with Crippen molar-refractivity contribution in [1.82, 2.24) is 10.2 Å². The van der Waals surface area contributed by atoms with Gasteiger partial charge in [0, 0.05) is 12.6 Å². The van der Waals surface area contributed by atoms with Crippen LogP contribution in [0.15, 0.2) is 0 Å². The van der Waals surface area contributed by atoms with Gasteiger partial charge < -0.3 is 15.3 Å². The van der Waals surface area contributed by atoms with E-state index in [1.165, 1.54) is 32.5 Å². The SMILES string of the molecule is CC1CCN(C[C@H]2C[C@@H](N[C@@H](C)C(=O)O)C[C@@H]2C)CC1. The van der Waals surface area contributed by atoms with E-state index in [9.17, 15) is 4.79 Å². The molecule has 1 heterocycles. The van der Waals surface area contributed by atoms with Gasteiger partial charge >= 0.3 is 5.97 Å². The molecule has 1 aliphatic carbocycles. The predicted molar refractivity (Wildman–Crippen MR) is 80.7 cm³/mol. The molecule has 4 atom stereocenters. The lowest BCUT2D eigenvalue weighted by Gasteiger charge is -2.33. The molecule has 0 radical (unpaired) electrons. The molecule has 1 saturated carbocycles. The number of rotatable bonds is 5. The highest BCUT2D eigenvalue weighted by molar-refractivity contribution is 5.72. The number of carboxylic acid groups (broad SMARTS) is 1. The quantitative estimate of drug-likeness (QED) is 0.811.